The first kappa shape index (κ1) is 31.5. The molecule has 1 atom stereocenters. The zero-order valence-corrected chi connectivity index (χ0v) is 25.4. The summed E-state index contributed by atoms with van der Waals surface area (Å²) < 4.78 is 28.7. The lowest BCUT2D eigenvalue weighted by Crippen LogP contribution is -2.52. The summed E-state index contributed by atoms with van der Waals surface area (Å²) in [6.07, 6.45) is 0.347. The predicted molar refractivity (Wildman–Crippen MR) is 161 cm³/mol. The third-order valence-electron chi connectivity index (χ3n) is 6.35. The monoisotopic (exact) mass is 603 g/mol. The van der Waals surface area contributed by atoms with Crippen molar-refractivity contribution >= 4 is 50.7 Å². The van der Waals surface area contributed by atoms with Crippen molar-refractivity contribution in [2.75, 3.05) is 17.4 Å². The second-order valence-electron chi connectivity index (χ2n) is 9.99. The Morgan fingerprint density at radius 2 is 1.57 bits per heavy atom. The summed E-state index contributed by atoms with van der Waals surface area (Å²) in [6, 6.07) is 19.1. The van der Waals surface area contributed by atoms with Gasteiger partial charge in [-0.15, -0.1) is 0 Å². The second-order valence-corrected chi connectivity index (χ2v) is 12.7. The quantitative estimate of drug-likeness (QED) is 0.272. The molecule has 0 saturated heterocycles. The number of nitrogens with zero attached hydrogens (tertiary/aromatic N) is 2. The van der Waals surface area contributed by atoms with Crippen molar-refractivity contribution in [3.05, 3.63) is 94.0 Å². The van der Waals surface area contributed by atoms with Gasteiger partial charge in [0.15, 0.2) is 0 Å². The number of benzene rings is 3. The first-order chi connectivity index (χ1) is 18.9. The van der Waals surface area contributed by atoms with Gasteiger partial charge in [0, 0.05) is 13.1 Å². The van der Waals surface area contributed by atoms with E-state index in [-0.39, 0.29) is 39.0 Å². The molecule has 3 rings (SSSR count). The average Bonchev–Trinajstić information content (AvgIpc) is 2.93. The summed E-state index contributed by atoms with van der Waals surface area (Å²) in [6.45, 7) is 7.80. The fourth-order valence-electron chi connectivity index (χ4n) is 4.12. The Hall–Kier alpha value is -3.07. The molecular weight excluding hydrogens is 569 g/mol. The number of rotatable bonds is 12. The fourth-order valence-corrected chi connectivity index (χ4v) is 5.84. The van der Waals surface area contributed by atoms with E-state index in [1.165, 1.54) is 35.2 Å². The van der Waals surface area contributed by atoms with Crippen molar-refractivity contribution in [1.82, 2.24) is 10.2 Å². The van der Waals surface area contributed by atoms with Crippen LogP contribution in [-0.4, -0.2) is 44.3 Å². The molecule has 1 N–H and O–H groups in total. The normalized spacial score (nSPS) is 12.2. The van der Waals surface area contributed by atoms with E-state index >= 15 is 0 Å². The number of hydrogen-bond acceptors (Lipinski definition) is 4. The molecule has 3 aromatic carbocycles. The van der Waals surface area contributed by atoms with Gasteiger partial charge >= 0.3 is 0 Å². The van der Waals surface area contributed by atoms with Crippen LogP contribution in [0.25, 0.3) is 0 Å². The predicted octanol–water partition coefficient (Wildman–Crippen LogP) is 6.08. The Morgan fingerprint density at radius 1 is 0.925 bits per heavy atom. The molecule has 0 bridgehead atoms. The van der Waals surface area contributed by atoms with Crippen LogP contribution in [0.4, 0.5) is 5.69 Å². The molecule has 0 spiro atoms. The molecule has 0 aliphatic heterocycles. The molecule has 40 heavy (non-hydrogen) atoms. The van der Waals surface area contributed by atoms with Crippen LogP contribution in [0.3, 0.4) is 0 Å². The first-order valence-electron chi connectivity index (χ1n) is 13.1. The standard InChI is InChI=1S/C30H35Cl2N3O4S/c1-5-28(30(37)33-18-21(2)3)34(19-23-13-11-22(4)12-14-23)29(36)20-35(24-15-16-26(31)27(32)17-24)40(38,39)25-9-7-6-8-10-25/h6-17,21,28H,5,18-20H2,1-4H3,(H,33,37). The van der Waals surface area contributed by atoms with Crippen LogP contribution < -0.4 is 9.62 Å². The number of halogens is 2. The molecular formula is C30H35Cl2N3O4S. The number of carbonyl (C=O) groups is 2. The van der Waals surface area contributed by atoms with Gasteiger partial charge in [-0.05, 0) is 55.2 Å². The topological polar surface area (TPSA) is 86.8 Å². The zero-order chi connectivity index (χ0) is 29.4. The third kappa shape index (κ3) is 7.99. The van der Waals surface area contributed by atoms with Gasteiger partial charge in [-0.3, -0.25) is 13.9 Å². The molecule has 0 radical (unpaired) electrons. The van der Waals surface area contributed by atoms with Gasteiger partial charge in [0.25, 0.3) is 10.0 Å². The molecule has 3 aromatic rings. The highest BCUT2D eigenvalue weighted by atomic mass is 35.5. The van der Waals surface area contributed by atoms with E-state index in [1.807, 2.05) is 52.0 Å². The van der Waals surface area contributed by atoms with Crippen LogP contribution in [0.5, 0.6) is 0 Å². The van der Waals surface area contributed by atoms with E-state index < -0.39 is 28.5 Å². The lowest BCUT2D eigenvalue weighted by Gasteiger charge is -2.33. The molecule has 2 amide bonds. The van der Waals surface area contributed by atoms with Gasteiger partial charge in [0.2, 0.25) is 11.8 Å². The van der Waals surface area contributed by atoms with Crippen LogP contribution in [0.1, 0.15) is 38.3 Å². The Labute approximate surface area is 247 Å². The number of anilines is 1. The number of sulfonamides is 1. The van der Waals surface area contributed by atoms with E-state index in [9.17, 15) is 18.0 Å². The lowest BCUT2D eigenvalue weighted by molar-refractivity contribution is -0.140. The number of hydrogen-bond donors (Lipinski definition) is 1. The SMILES string of the molecule is CCC(C(=O)NCC(C)C)N(Cc1ccc(C)cc1)C(=O)CN(c1ccc(Cl)c(Cl)c1)S(=O)(=O)c1ccccc1. The maximum Gasteiger partial charge on any atom is 0.264 e. The number of nitrogens with one attached hydrogen (secondary N) is 1. The van der Waals surface area contributed by atoms with Gasteiger partial charge in [-0.25, -0.2) is 8.42 Å². The minimum atomic E-state index is -4.18. The van der Waals surface area contributed by atoms with Crippen LogP contribution in [-0.2, 0) is 26.2 Å². The molecule has 0 aromatic heterocycles. The zero-order valence-electron chi connectivity index (χ0n) is 23.1. The highest BCUT2D eigenvalue weighted by Gasteiger charge is 2.33. The molecule has 1 unspecified atom stereocenters. The number of aryl methyl sites for hydroxylation is 1. The summed E-state index contributed by atoms with van der Waals surface area (Å²) in [5.74, 6) is -0.592. The van der Waals surface area contributed by atoms with E-state index in [1.54, 1.807) is 18.2 Å². The maximum atomic E-state index is 14.1. The van der Waals surface area contributed by atoms with Gasteiger partial charge in [-0.1, -0.05) is 92.0 Å². The van der Waals surface area contributed by atoms with E-state index in [0.29, 0.717) is 13.0 Å². The minimum absolute atomic E-state index is 0.0145. The second kappa shape index (κ2) is 14.0. The molecule has 0 aliphatic carbocycles. The van der Waals surface area contributed by atoms with Gasteiger partial charge < -0.3 is 10.2 Å². The Morgan fingerprint density at radius 3 is 2.15 bits per heavy atom. The first-order valence-corrected chi connectivity index (χ1v) is 15.3. The number of carbonyl (C=O) groups excluding carboxylic acids is 2. The largest absolute Gasteiger partial charge is 0.354 e. The van der Waals surface area contributed by atoms with Crippen molar-refractivity contribution in [2.24, 2.45) is 5.92 Å². The molecule has 0 fully saturated rings. The van der Waals surface area contributed by atoms with Gasteiger partial charge in [-0.2, -0.15) is 0 Å². The summed E-state index contributed by atoms with van der Waals surface area (Å²) in [4.78, 5) is 28.8. The summed E-state index contributed by atoms with van der Waals surface area (Å²) in [5, 5.41) is 3.32. The van der Waals surface area contributed by atoms with Gasteiger partial charge in [0.1, 0.15) is 12.6 Å². The van der Waals surface area contributed by atoms with Crippen molar-refractivity contribution in [3.63, 3.8) is 0 Å². The highest BCUT2D eigenvalue weighted by Crippen LogP contribution is 2.31. The van der Waals surface area contributed by atoms with Crippen LogP contribution in [0.15, 0.2) is 77.7 Å². The molecule has 0 aliphatic rings. The summed E-state index contributed by atoms with van der Waals surface area (Å²) in [5.41, 5.74) is 2.06. The average molecular weight is 605 g/mol. The highest BCUT2D eigenvalue weighted by molar-refractivity contribution is 7.92. The van der Waals surface area contributed by atoms with Crippen molar-refractivity contribution in [1.29, 1.82) is 0 Å². The van der Waals surface area contributed by atoms with Crippen LogP contribution in [0, 0.1) is 12.8 Å². The summed E-state index contributed by atoms with van der Waals surface area (Å²) in [7, 11) is -4.18. The molecule has 0 saturated carbocycles. The van der Waals surface area contributed by atoms with E-state index in [0.717, 1.165) is 15.4 Å². The van der Waals surface area contributed by atoms with Crippen LogP contribution >= 0.6 is 23.2 Å². The van der Waals surface area contributed by atoms with Crippen LogP contribution in [0.2, 0.25) is 10.0 Å². The summed E-state index contributed by atoms with van der Waals surface area (Å²) >= 11 is 12.3. The van der Waals surface area contributed by atoms with Crippen molar-refractivity contribution in [2.45, 2.75) is 51.6 Å². The Bertz CT molecular complexity index is 1410. The van der Waals surface area contributed by atoms with Crippen molar-refractivity contribution < 1.29 is 18.0 Å². The fraction of sp³-hybridized carbons (Fsp3) is 0.333. The minimum Gasteiger partial charge on any atom is -0.354 e. The number of amides is 2. The Balaban J connectivity index is 2.05. The van der Waals surface area contributed by atoms with E-state index in [2.05, 4.69) is 5.32 Å². The smallest absolute Gasteiger partial charge is 0.264 e. The molecule has 214 valence electrons. The maximum absolute atomic E-state index is 14.1. The van der Waals surface area contributed by atoms with E-state index in [4.69, 9.17) is 23.2 Å². The molecule has 0 heterocycles. The molecule has 7 nitrogen and oxygen atoms in total. The third-order valence-corrected chi connectivity index (χ3v) is 8.87. The Kier molecular flexibility index (Phi) is 11.0. The molecule has 10 heteroatoms. The lowest BCUT2D eigenvalue weighted by atomic mass is 10.1. The van der Waals surface area contributed by atoms with Gasteiger partial charge in [0.05, 0.1) is 20.6 Å². The van der Waals surface area contributed by atoms with Crippen molar-refractivity contribution in [3.8, 4) is 0 Å².